The molecule has 1 rings (SSSR count). The average molecular weight is 256 g/mol. The van der Waals surface area contributed by atoms with Gasteiger partial charge in [0.2, 0.25) is 0 Å². The van der Waals surface area contributed by atoms with Crippen molar-refractivity contribution >= 4 is 5.97 Å². The summed E-state index contributed by atoms with van der Waals surface area (Å²) in [5.41, 5.74) is -1.43. The molecular formula is C11H10F2N2O3. The Kier molecular flexibility index (Phi) is 4.54. The number of nitrogens with zero attached hydrogens (tertiary/aromatic N) is 2. The van der Waals surface area contributed by atoms with Gasteiger partial charge in [-0.1, -0.05) is 0 Å². The molecule has 0 aliphatic carbocycles. The monoisotopic (exact) mass is 256 g/mol. The predicted octanol–water partition coefficient (Wildman–Crippen LogP) is 2.08. The SMILES string of the molecule is CCOC(=O)c1nc(C#N)c(OC)cc1C(F)F. The molecule has 96 valence electrons. The van der Waals surface area contributed by atoms with Crippen LogP contribution in [0.1, 0.15) is 35.1 Å². The van der Waals surface area contributed by atoms with Crippen LogP contribution >= 0.6 is 0 Å². The predicted molar refractivity (Wildman–Crippen MR) is 56.4 cm³/mol. The number of pyridine rings is 1. The quantitative estimate of drug-likeness (QED) is 0.771. The minimum absolute atomic E-state index is 0.0249. The van der Waals surface area contributed by atoms with Crippen molar-refractivity contribution in [2.45, 2.75) is 13.3 Å². The van der Waals surface area contributed by atoms with Crippen LogP contribution in [0.4, 0.5) is 8.78 Å². The Balaban J connectivity index is 3.39. The molecule has 0 atom stereocenters. The fourth-order valence-corrected chi connectivity index (χ4v) is 1.27. The number of alkyl halides is 2. The number of carbonyl (C=O) groups is 1. The summed E-state index contributed by atoms with van der Waals surface area (Å²) < 4.78 is 34.9. The number of hydrogen-bond donors (Lipinski definition) is 0. The van der Waals surface area contributed by atoms with E-state index in [0.29, 0.717) is 0 Å². The third-order valence-corrected chi connectivity index (χ3v) is 2.05. The molecule has 0 spiro atoms. The molecule has 0 amide bonds. The average Bonchev–Trinajstić information content (AvgIpc) is 2.37. The highest BCUT2D eigenvalue weighted by Crippen LogP contribution is 2.28. The standard InChI is InChI=1S/C11H10F2N2O3/c1-3-18-11(16)9-6(10(12)13)4-8(17-2)7(5-14)15-9/h4,10H,3H2,1-2H3. The number of methoxy groups -OCH3 is 1. The second-order valence-electron chi connectivity index (χ2n) is 3.11. The molecule has 0 aliphatic rings. The minimum atomic E-state index is -2.92. The molecule has 0 saturated carbocycles. The third-order valence-electron chi connectivity index (χ3n) is 2.05. The van der Waals surface area contributed by atoms with Crippen LogP contribution in [0.15, 0.2) is 6.07 Å². The number of hydrogen-bond acceptors (Lipinski definition) is 5. The molecule has 1 aromatic rings. The first kappa shape index (κ1) is 13.8. The molecule has 0 radical (unpaired) electrons. The zero-order chi connectivity index (χ0) is 13.7. The maximum atomic E-state index is 12.8. The van der Waals surface area contributed by atoms with Gasteiger partial charge in [-0.3, -0.25) is 0 Å². The number of nitriles is 1. The molecule has 0 aliphatic heterocycles. The van der Waals surface area contributed by atoms with Crippen LogP contribution in [0.5, 0.6) is 5.75 Å². The molecule has 0 saturated heterocycles. The van der Waals surface area contributed by atoms with Crippen molar-refractivity contribution in [3.63, 3.8) is 0 Å². The second kappa shape index (κ2) is 5.91. The maximum Gasteiger partial charge on any atom is 0.357 e. The van der Waals surface area contributed by atoms with E-state index in [9.17, 15) is 13.6 Å². The molecule has 0 unspecified atom stereocenters. The first-order valence-corrected chi connectivity index (χ1v) is 4.99. The Morgan fingerprint density at radius 1 is 1.61 bits per heavy atom. The molecule has 1 aromatic heterocycles. The van der Waals surface area contributed by atoms with Crippen LogP contribution in [-0.4, -0.2) is 24.7 Å². The van der Waals surface area contributed by atoms with Crippen molar-refractivity contribution in [2.75, 3.05) is 13.7 Å². The Morgan fingerprint density at radius 2 is 2.28 bits per heavy atom. The summed E-state index contributed by atoms with van der Waals surface area (Å²) in [7, 11) is 1.22. The summed E-state index contributed by atoms with van der Waals surface area (Å²) in [6, 6.07) is 2.58. The zero-order valence-corrected chi connectivity index (χ0v) is 9.74. The van der Waals surface area contributed by atoms with Gasteiger partial charge in [0, 0.05) is 0 Å². The van der Waals surface area contributed by atoms with Gasteiger partial charge in [0.05, 0.1) is 19.3 Å². The van der Waals surface area contributed by atoms with E-state index in [-0.39, 0.29) is 18.1 Å². The van der Waals surface area contributed by atoms with Crippen LogP contribution in [0, 0.1) is 11.3 Å². The third kappa shape index (κ3) is 2.71. The van der Waals surface area contributed by atoms with Gasteiger partial charge in [-0.05, 0) is 13.0 Å². The largest absolute Gasteiger partial charge is 0.494 e. The first-order chi connectivity index (χ1) is 8.54. The van der Waals surface area contributed by atoms with E-state index in [1.54, 1.807) is 6.07 Å². The lowest BCUT2D eigenvalue weighted by Gasteiger charge is -2.10. The van der Waals surface area contributed by atoms with Gasteiger partial charge >= 0.3 is 5.97 Å². The van der Waals surface area contributed by atoms with Crippen molar-refractivity contribution < 1.29 is 23.0 Å². The Hall–Kier alpha value is -2.23. The number of aromatic nitrogens is 1. The summed E-state index contributed by atoms with van der Waals surface area (Å²) >= 11 is 0. The van der Waals surface area contributed by atoms with Crippen LogP contribution < -0.4 is 4.74 Å². The molecular weight excluding hydrogens is 246 g/mol. The number of rotatable bonds is 4. The van der Waals surface area contributed by atoms with E-state index in [4.69, 9.17) is 10.00 Å². The van der Waals surface area contributed by atoms with E-state index in [1.165, 1.54) is 14.0 Å². The van der Waals surface area contributed by atoms with Crippen molar-refractivity contribution in [2.24, 2.45) is 0 Å². The van der Waals surface area contributed by atoms with Crippen LogP contribution in [0.2, 0.25) is 0 Å². The van der Waals surface area contributed by atoms with Gasteiger partial charge in [-0.15, -0.1) is 0 Å². The Bertz CT molecular complexity index is 498. The maximum absolute atomic E-state index is 12.8. The van der Waals surface area contributed by atoms with Crippen LogP contribution in [0.3, 0.4) is 0 Å². The molecule has 0 aromatic carbocycles. The van der Waals surface area contributed by atoms with E-state index in [2.05, 4.69) is 9.72 Å². The first-order valence-electron chi connectivity index (χ1n) is 4.99. The smallest absolute Gasteiger partial charge is 0.357 e. The van der Waals surface area contributed by atoms with Crippen molar-refractivity contribution in [3.05, 3.63) is 23.0 Å². The molecule has 5 nitrogen and oxygen atoms in total. The number of halogens is 2. The molecule has 18 heavy (non-hydrogen) atoms. The second-order valence-corrected chi connectivity index (χ2v) is 3.11. The summed E-state index contributed by atoms with van der Waals surface area (Å²) in [5, 5.41) is 8.78. The van der Waals surface area contributed by atoms with E-state index >= 15 is 0 Å². The lowest BCUT2D eigenvalue weighted by atomic mass is 10.1. The molecule has 7 heteroatoms. The highest BCUT2D eigenvalue weighted by molar-refractivity contribution is 5.89. The van der Waals surface area contributed by atoms with E-state index in [1.807, 2.05) is 0 Å². The van der Waals surface area contributed by atoms with Gasteiger partial charge < -0.3 is 9.47 Å². The fourth-order valence-electron chi connectivity index (χ4n) is 1.27. The number of carbonyl (C=O) groups excluding carboxylic acids is 1. The van der Waals surface area contributed by atoms with Gasteiger partial charge in [-0.2, -0.15) is 5.26 Å². The Morgan fingerprint density at radius 3 is 2.72 bits per heavy atom. The van der Waals surface area contributed by atoms with Crippen LogP contribution in [0.25, 0.3) is 0 Å². The minimum Gasteiger partial charge on any atom is -0.494 e. The van der Waals surface area contributed by atoms with Gasteiger partial charge in [0.1, 0.15) is 6.07 Å². The van der Waals surface area contributed by atoms with Gasteiger partial charge in [0.15, 0.2) is 17.1 Å². The summed E-state index contributed by atoms with van der Waals surface area (Å²) in [4.78, 5) is 15.0. The van der Waals surface area contributed by atoms with Crippen molar-refractivity contribution in [3.8, 4) is 11.8 Å². The zero-order valence-electron chi connectivity index (χ0n) is 9.74. The number of ether oxygens (including phenoxy) is 2. The normalized spacial score (nSPS) is 10.0. The number of esters is 1. The lowest BCUT2D eigenvalue weighted by Crippen LogP contribution is -2.12. The molecule has 1 heterocycles. The molecule has 0 N–H and O–H groups in total. The highest BCUT2D eigenvalue weighted by atomic mass is 19.3. The summed E-state index contributed by atoms with van der Waals surface area (Å²) in [5.74, 6) is -1.10. The van der Waals surface area contributed by atoms with Crippen molar-refractivity contribution in [1.29, 1.82) is 5.26 Å². The van der Waals surface area contributed by atoms with Gasteiger partial charge in [0.25, 0.3) is 6.43 Å². The summed E-state index contributed by atoms with van der Waals surface area (Å²) in [6.07, 6.45) is -2.92. The molecule has 0 fully saturated rings. The van der Waals surface area contributed by atoms with Gasteiger partial charge in [-0.25, -0.2) is 18.6 Å². The fraction of sp³-hybridized carbons (Fsp3) is 0.364. The topological polar surface area (TPSA) is 72.2 Å². The van der Waals surface area contributed by atoms with E-state index in [0.717, 1.165) is 6.07 Å². The van der Waals surface area contributed by atoms with Crippen molar-refractivity contribution in [1.82, 2.24) is 4.98 Å². The van der Waals surface area contributed by atoms with Crippen LogP contribution in [-0.2, 0) is 4.74 Å². The van der Waals surface area contributed by atoms with E-state index < -0.39 is 23.7 Å². The summed E-state index contributed by atoms with van der Waals surface area (Å²) in [6.45, 7) is 1.56. The Labute approximate surface area is 102 Å². The lowest BCUT2D eigenvalue weighted by molar-refractivity contribution is 0.0507. The highest BCUT2D eigenvalue weighted by Gasteiger charge is 2.24. The molecule has 0 bridgehead atoms.